The van der Waals surface area contributed by atoms with E-state index in [1.165, 1.54) is 50.8 Å². The molecule has 4 rings (SSSR count). The minimum Gasteiger partial charge on any atom is -0.355 e. The van der Waals surface area contributed by atoms with Crippen molar-refractivity contribution in [3.63, 3.8) is 0 Å². The third-order valence-electron chi connectivity index (χ3n) is 5.13. The summed E-state index contributed by atoms with van der Waals surface area (Å²) in [5.41, 5.74) is 1.31. The molecule has 114 valence electrons. The Hall–Kier alpha value is -1.13. The van der Waals surface area contributed by atoms with Gasteiger partial charge in [-0.15, -0.1) is 0 Å². The lowest BCUT2D eigenvalue weighted by molar-refractivity contribution is 0.260. The van der Waals surface area contributed by atoms with Gasteiger partial charge in [-0.05, 0) is 56.8 Å². The second kappa shape index (κ2) is 5.93. The van der Waals surface area contributed by atoms with Crippen LogP contribution in [0.4, 0.5) is 5.82 Å². The highest BCUT2D eigenvalue weighted by atomic mass is 15.3. The number of nitrogens with one attached hydrogen (secondary N) is 1. The van der Waals surface area contributed by atoms with Gasteiger partial charge in [-0.3, -0.25) is 4.90 Å². The molecule has 4 nitrogen and oxygen atoms in total. The SMILES string of the molecule is c1cc(N2CCC(N3CCCC3)C2)ncc1CNC1CC1. The van der Waals surface area contributed by atoms with Gasteiger partial charge < -0.3 is 10.2 Å². The van der Waals surface area contributed by atoms with Gasteiger partial charge in [0, 0.05) is 37.9 Å². The van der Waals surface area contributed by atoms with E-state index in [-0.39, 0.29) is 0 Å². The van der Waals surface area contributed by atoms with E-state index < -0.39 is 0 Å². The van der Waals surface area contributed by atoms with E-state index in [4.69, 9.17) is 0 Å². The average Bonchev–Trinajstić information content (AvgIpc) is 3.01. The smallest absolute Gasteiger partial charge is 0.128 e. The molecule has 3 fully saturated rings. The number of nitrogens with zero attached hydrogens (tertiary/aromatic N) is 3. The van der Waals surface area contributed by atoms with Crippen molar-refractivity contribution in [3.05, 3.63) is 23.9 Å². The summed E-state index contributed by atoms with van der Waals surface area (Å²) in [5, 5.41) is 3.55. The van der Waals surface area contributed by atoms with Crippen LogP contribution in [-0.2, 0) is 6.54 Å². The van der Waals surface area contributed by atoms with Gasteiger partial charge in [0.1, 0.15) is 5.82 Å². The first-order valence-electron chi connectivity index (χ1n) is 8.56. The summed E-state index contributed by atoms with van der Waals surface area (Å²) in [6, 6.07) is 5.96. The monoisotopic (exact) mass is 286 g/mol. The molecular weight excluding hydrogens is 260 g/mol. The zero-order valence-corrected chi connectivity index (χ0v) is 12.8. The number of aromatic nitrogens is 1. The number of anilines is 1. The highest BCUT2D eigenvalue weighted by Crippen LogP contribution is 2.24. The van der Waals surface area contributed by atoms with Crippen LogP contribution in [-0.4, -0.2) is 48.1 Å². The van der Waals surface area contributed by atoms with Crippen LogP contribution in [0.15, 0.2) is 18.3 Å². The summed E-state index contributed by atoms with van der Waals surface area (Å²) in [4.78, 5) is 9.82. The molecule has 1 atom stereocenters. The number of rotatable bonds is 5. The van der Waals surface area contributed by atoms with Crippen LogP contribution in [0.2, 0.25) is 0 Å². The van der Waals surface area contributed by atoms with Crippen LogP contribution in [0.3, 0.4) is 0 Å². The van der Waals surface area contributed by atoms with E-state index in [1.54, 1.807) is 0 Å². The average molecular weight is 286 g/mol. The Balaban J connectivity index is 1.33. The predicted octanol–water partition coefficient (Wildman–Crippen LogP) is 2.01. The normalized spacial score (nSPS) is 26.7. The van der Waals surface area contributed by atoms with Crippen LogP contribution < -0.4 is 10.2 Å². The highest BCUT2D eigenvalue weighted by molar-refractivity contribution is 5.41. The number of hydrogen-bond acceptors (Lipinski definition) is 4. The Bertz CT molecular complexity index is 462. The quantitative estimate of drug-likeness (QED) is 0.897. The van der Waals surface area contributed by atoms with Crippen LogP contribution in [0.5, 0.6) is 0 Å². The minimum atomic E-state index is 0.755. The molecule has 2 aliphatic heterocycles. The zero-order chi connectivity index (χ0) is 14.1. The second-order valence-corrected chi connectivity index (χ2v) is 6.81. The molecule has 0 radical (unpaired) electrons. The standard InChI is InChI=1S/C17H26N4/c1-2-9-20(8-1)16-7-10-21(13-16)17-6-3-14(12-19-17)11-18-15-4-5-15/h3,6,12,15-16,18H,1-2,4-5,7-11,13H2. The molecule has 1 saturated carbocycles. The van der Waals surface area contributed by atoms with E-state index in [9.17, 15) is 0 Å². The van der Waals surface area contributed by atoms with Crippen molar-refractivity contribution in [1.82, 2.24) is 15.2 Å². The predicted molar refractivity (Wildman–Crippen MR) is 85.5 cm³/mol. The van der Waals surface area contributed by atoms with E-state index in [0.717, 1.165) is 37.5 Å². The Morgan fingerprint density at radius 2 is 1.95 bits per heavy atom. The van der Waals surface area contributed by atoms with Gasteiger partial charge in [0.2, 0.25) is 0 Å². The molecule has 21 heavy (non-hydrogen) atoms. The summed E-state index contributed by atoms with van der Waals surface area (Å²) in [6.07, 6.45) is 8.81. The number of pyridine rings is 1. The van der Waals surface area contributed by atoms with E-state index >= 15 is 0 Å². The van der Waals surface area contributed by atoms with Crippen molar-refractivity contribution in [3.8, 4) is 0 Å². The zero-order valence-electron chi connectivity index (χ0n) is 12.8. The van der Waals surface area contributed by atoms with Crippen LogP contribution in [0, 0.1) is 0 Å². The topological polar surface area (TPSA) is 31.4 Å². The number of likely N-dealkylation sites (tertiary alicyclic amines) is 1. The molecule has 0 aromatic carbocycles. The first kappa shape index (κ1) is 13.5. The van der Waals surface area contributed by atoms with Crippen molar-refractivity contribution < 1.29 is 0 Å². The van der Waals surface area contributed by atoms with Crippen molar-refractivity contribution in [1.29, 1.82) is 0 Å². The Morgan fingerprint density at radius 3 is 2.67 bits per heavy atom. The van der Waals surface area contributed by atoms with Gasteiger partial charge in [0.05, 0.1) is 0 Å². The Kier molecular flexibility index (Phi) is 3.82. The molecule has 0 bridgehead atoms. The molecule has 0 spiro atoms. The summed E-state index contributed by atoms with van der Waals surface area (Å²) in [5.74, 6) is 1.16. The first-order chi connectivity index (χ1) is 10.4. The van der Waals surface area contributed by atoms with Crippen molar-refractivity contribution in [2.24, 2.45) is 0 Å². The second-order valence-electron chi connectivity index (χ2n) is 6.81. The van der Waals surface area contributed by atoms with Crippen molar-refractivity contribution >= 4 is 5.82 Å². The third kappa shape index (κ3) is 3.22. The molecule has 2 saturated heterocycles. The van der Waals surface area contributed by atoms with E-state index in [0.29, 0.717) is 0 Å². The molecule has 1 aromatic rings. The lowest BCUT2D eigenvalue weighted by Gasteiger charge is -2.24. The van der Waals surface area contributed by atoms with Crippen molar-refractivity contribution in [2.45, 2.75) is 50.7 Å². The molecular formula is C17H26N4. The van der Waals surface area contributed by atoms with Crippen LogP contribution in [0.25, 0.3) is 0 Å². The van der Waals surface area contributed by atoms with Gasteiger partial charge >= 0.3 is 0 Å². The largest absolute Gasteiger partial charge is 0.355 e. The Morgan fingerprint density at radius 1 is 1.10 bits per heavy atom. The molecule has 4 heteroatoms. The minimum absolute atomic E-state index is 0.755. The summed E-state index contributed by atoms with van der Waals surface area (Å²) < 4.78 is 0. The molecule has 3 aliphatic rings. The molecule has 1 aliphatic carbocycles. The molecule has 3 heterocycles. The lowest BCUT2D eigenvalue weighted by Crippen LogP contribution is -2.35. The van der Waals surface area contributed by atoms with Gasteiger partial charge in [-0.1, -0.05) is 6.07 Å². The maximum atomic E-state index is 4.69. The van der Waals surface area contributed by atoms with Crippen LogP contribution >= 0.6 is 0 Å². The first-order valence-corrected chi connectivity index (χ1v) is 8.56. The maximum Gasteiger partial charge on any atom is 0.128 e. The molecule has 0 amide bonds. The fourth-order valence-electron chi connectivity index (χ4n) is 3.61. The fourth-order valence-corrected chi connectivity index (χ4v) is 3.61. The summed E-state index contributed by atoms with van der Waals surface area (Å²) in [6.45, 7) is 5.89. The van der Waals surface area contributed by atoms with E-state index in [1.807, 2.05) is 6.20 Å². The van der Waals surface area contributed by atoms with Crippen LogP contribution in [0.1, 0.15) is 37.7 Å². The fraction of sp³-hybridized carbons (Fsp3) is 0.706. The molecule has 1 unspecified atom stereocenters. The van der Waals surface area contributed by atoms with E-state index in [2.05, 4.69) is 32.2 Å². The van der Waals surface area contributed by atoms with Crippen molar-refractivity contribution in [2.75, 3.05) is 31.1 Å². The summed E-state index contributed by atoms with van der Waals surface area (Å²) >= 11 is 0. The lowest BCUT2D eigenvalue weighted by atomic mass is 10.2. The Labute approximate surface area is 127 Å². The molecule has 1 aromatic heterocycles. The number of hydrogen-bond donors (Lipinski definition) is 1. The van der Waals surface area contributed by atoms with Gasteiger partial charge in [-0.2, -0.15) is 0 Å². The molecule has 1 N–H and O–H groups in total. The van der Waals surface area contributed by atoms with Gasteiger partial charge in [0.25, 0.3) is 0 Å². The van der Waals surface area contributed by atoms with Gasteiger partial charge in [0.15, 0.2) is 0 Å². The van der Waals surface area contributed by atoms with Gasteiger partial charge in [-0.25, -0.2) is 4.98 Å². The third-order valence-corrected chi connectivity index (χ3v) is 5.13. The highest BCUT2D eigenvalue weighted by Gasteiger charge is 2.29. The maximum absolute atomic E-state index is 4.69. The summed E-state index contributed by atoms with van der Waals surface area (Å²) in [7, 11) is 0.